The number of aromatic hydroxyl groups is 1. The van der Waals surface area contributed by atoms with Gasteiger partial charge in [-0.25, -0.2) is 4.21 Å². The number of hydrogen-bond donors (Lipinski definition) is 1. The van der Waals surface area contributed by atoms with Crippen molar-refractivity contribution < 1.29 is 27.2 Å². The van der Waals surface area contributed by atoms with E-state index < -0.39 is 22.9 Å². The van der Waals surface area contributed by atoms with Crippen LogP contribution in [0.2, 0.25) is 0 Å². The minimum Gasteiger partial charge on any atom is -0.507 e. The number of phenols is 1. The topological polar surface area (TPSA) is 70.3 Å². The molecule has 0 bridgehead atoms. The first-order chi connectivity index (χ1) is 14.4. The maximum absolute atomic E-state index is 12.7. The van der Waals surface area contributed by atoms with Crippen molar-refractivity contribution in [3.05, 3.63) is 58.0 Å². The van der Waals surface area contributed by atoms with Gasteiger partial charge in [-0.1, -0.05) is 40.2 Å². The second kappa shape index (κ2) is 11.6. The molecule has 0 heterocycles. The smallest absolute Gasteiger partial charge is 0.507 e. The van der Waals surface area contributed by atoms with E-state index in [4.69, 9.17) is 0 Å². The molecule has 2 aromatic rings. The Labute approximate surface area is 183 Å². The Bertz CT molecular complexity index is 993. The van der Waals surface area contributed by atoms with E-state index in [0.29, 0.717) is 16.7 Å². The zero-order chi connectivity index (χ0) is 23.8. The van der Waals surface area contributed by atoms with Gasteiger partial charge in [0, 0.05) is 4.90 Å². The largest absolute Gasteiger partial charge is 0.573 e. The Morgan fingerprint density at radius 3 is 2.39 bits per heavy atom. The van der Waals surface area contributed by atoms with Crippen LogP contribution in [-0.4, -0.2) is 15.7 Å². The third kappa shape index (κ3) is 8.10. The standard InChI is InChI=1S/C20H18F3NO3S.C3H8/c1-12(2)18-9-14(7-13(3)19(18)25)8-17(11-24)28(26)16-6-4-5-15(10-16)27-20(21,22)23;1-3-2/h4-10,12,25H,1-3H3;3H2,1-2H3/b17-8+;. The second-order valence-corrected chi connectivity index (χ2v) is 8.50. The summed E-state index contributed by atoms with van der Waals surface area (Å²) in [7, 11) is -2.00. The van der Waals surface area contributed by atoms with E-state index in [9.17, 15) is 27.7 Å². The van der Waals surface area contributed by atoms with Crippen molar-refractivity contribution in [1.82, 2.24) is 0 Å². The highest BCUT2D eigenvalue weighted by Gasteiger charge is 2.31. The van der Waals surface area contributed by atoms with Gasteiger partial charge in [0.05, 0.1) is 10.8 Å². The highest BCUT2D eigenvalue weighted by atomic mass is 32.2. The van der Waals surface area contributed by atoms with E-state index in [1.54, 1.807) is 19.1 Å². The number of rotatable bonds is 5. The van der Waals surface area contributed by atoms with E-state index in [2.05, 4.69) is 18.6 Å². The first-order valence-electron chi connectivity index (χ1n) is 9.66. The highest BCUT2D eigenvalue weighted by Crippen LogP contribution is 2.31. The Morgan fingerprint density at radius 1 is 1.26 bits per heavy atom. The molecule has 1 N–H and O–H groups in total. The fourth-order valence-electron chi connectivity index (χ4n) is 2.55. The monoisotopic (exact) mass is 453 g/mol. The summed E-state index contributed by atoms with van der Waals surface area (Å²) in [6.45, 7) is 9.76. The van der Waals surface area contributed by atoms with Gasteiger partial charge in [0.2, 0.25) is 0 Å². The van der Waals surface area contributed by atoms with Crippen molar-refractivity contribution in [3.63, 3.8) is 0 Å². The summed E-state index contributed by atoms with van der Waals surface area (Å²) in [5.74, 6) is -0.332. The zero-order valence-corrected chi connectivity index (χ0v) is 18.9. The van der Waals surface area contributed by atoms with Crippen molar-refractivity contribution in [3.8, 4) is 17.6 Å². The lowest BCUT2D eigenvalue weighted by molar-refractivity contribution is -0.274. The maximum Gasteiger partial charge on any atom is 0.573 e. The van der Waals surface area contributed by atoms with Crippen LogP contribution in [0.1, 0.15) is 56.7 Å². The Hall–Kier alpha value is -2.79. The average Bonchev–Trinajstić information content (AvgIpc) is 2.67. The van der Waals surface area contributed by atoms with Gasteiger partial charge in [0.1, 0.15) is 22.5 Å². The molecule has 1 unspecified atom stereocenters. The van der Waals surface area contributed by atoms with E-state index in [1.807, 2.05) is 19.9 Å². The minimum absolute atomic E-state index is 0.00846. The van der Waals surface area contributed by atoms with Gasteiger partial charge < -0.3 is 9.84 Å². The maximum atomic E-state index is 12.7. The van der Waals surface area contributed by atoms with Crippen LogP contribution in [0.5, 0.6) is 11.5 Å². The Kier molecular flexibility index (Phi) is 9.79. The molecule has 0 aliphatic carbocycles. The molecule has 0 aliphatic heterocycles. The first-order valence-corrected chi connectivity index (χ1v) is 10.8. The molecular weight excluding hydrogens is 427 g/mol. The number of alkyl halides is 3. The van der Waals surface area contributed by atoms with Crippen LogP contribution < -0.4 is 4.74 Å². The highest BCUT2D eigenvalue weighted by molar-refractivity contribution is 7.89. The number of nitriles is 1. The Balaban J connectivity index is 0.00000151. The molecule has 168 valence electrons. The molecule has 0 fully saturated rings. The lowest BCUT2D eigenvalue weighted by atomic mass is 9.96. The van der Waals surface area contributed by atoms with E-state index in [-0.39, 0.29) is 21.5 Å². The van der Waals surface area contributed by atoms with E-state index in [0.717, 1.165) is 12.1 Å². The summed E-state index contributed by atoms with van der Waals surface area (Å²) in [5.41, 5.74) is 1.84. The van der Waals surface area contributed by atoms with Crippen molar-refractivity contribution in [2.45, 2.75) is 58.2 Å². The SMILES string of the molecule is CCC.Cc1cc(/C=C(\C#N)S(=O)c2cccc(OC(F)(F)F)c2)cc(C(C)C)c1O. The summed E-state index contributed by atoms with van der Waals surface area (Å²) in [6, 6.07) is 9.85. The van der Waals surface area contributed by atoms with Gasteiger partial charge in [-0.05, 0) is 65.9 Å². The number of benzene rings is 2. The van der Waals surface area contributed by atoms with Crippen LogP contribution >= 0.6 is 0 Å². The molecule has 0 radical (unpaired) electrons. The van der Waals surface area contributed by atoms with Gasteiger partial charge in [-0.3, -0.25) is 0 Å². The number of hydrogen-bond acceptors (Lipinski definition) is 4. The van der Waals surface area contributed by atoms with E-state index in [1.165, 1.54) is 24.6 Å². The molecule has 0 spiro atoms. The van der Waals surface area contributed by atoms with Crippen LogP contribution in [-0.2, 0) is 10.8 Å². The third-order valence-electron chi connectivity index (χ3n) is 3.84. The lowest BCUT2D eigenvalue weighted by Gasteiger charge is -2.12. The number of aryl methyl sites for hydroxylation is 1. The minimum atomic E-state index is -4.87. The predicted molar refractivity (Wildman–Crippen MR) is 116 cm³/mol. The van der Waals surface area contributed by atoms with Crippen LogP contribution in [0, 0.1) is 18.3 Å². The number of allylic oxidation sites excluding steroid dienone is 1. The van der Waals surface area contributed by atoms with Gasteiger partial charge in [0.25, 0.3) is 0 Å². The fraction of sp³-hybridized carbons (Fsp3) is 0.348. The molecule has 0 saturated heterocycles. The van der Waals surface area contributed by atoms with Crippen LogP contribution in [0.3, 0.4) is 0 Å². The number of ether oxygens (including phenoxy) is 1. The summed E-state index contributed by atoms with van der Waals surface area (Å²) < 4.78 is 53.7. The lowest BCUT2D eigenvalue weighted by Crippen LogP contribution is -2.17. The molecule has 4 nitrogen and oxygen atoms in total. The van der Waals surface area contributed by atoms with Crippen molar-refractivity contribution in [1.29, 1.82) is 5.26 Å². The van der Waals surface area contributed by atoms with Crippen LogP contribution in [0.15, 0.2) is 46.2 Å². The van der Waals surface area contributed by atoms with Gasteiger partial charge in [-0.15, -0.1) is 13.2 Å². The quantitative estimate of drug-likeness (QED) is 0.505. The molecule has 2 rings (SSSR count). The fourth-order valence-corrected chi connectivity index (χ4v) is 3.56. The Morgan fingerprint density at radius 2 is 1.87 bits per heavy atom. The normalized spacial score (nSPS) is 12.6. The summed E-state index contributed by atoms with van der Waals surface area (Å²) in [5, 5.41) is 19.5. The van der Waals surface area contributed by atoms with Crippen molar-refractivity contribution in [2.75, 3.05) is 0 Å². The predicted octanol–water partition coefficient (Wildman–Crippen LogP) is 6.81. The summed E-state index contributed by atoms with van der Waals surface area (Å²) >= 11 is 0. The van der Waals surface area contributed by atoms with Crippen LogP contribution in [0.4, 0.5) is 13.2 Å². The second-order valence-electron chi connectivity index (χ2n) is 7.05. The van der Waals surface area contributed by atoms with Gasteiger partial charge >= 0.3 is 6.36 Å². The van der Waals surface area contributed by atoms with Gasteiger partial charge in [-0.2, -0.15) is 5.26 Å². The number of phenolic OH excluding ortho intramolecular Hbond substituents is 1. The van der Waals surface area contributed by atoms with Crippen molar-refractivity contribution >= 4 is 16.9 Å². The molecule has 31 heavy (non-hydrogen) atoms. The first kappa shape index (κ1) is 26.2. The molecule has 2 aromatic carbocycles. The molecule has 0 aliphatic rings. The summed E-state index contributed by atoms with van der Waals surface area (Å²) in [6.07, 6.45) is -2.23. The molecule has 1 atom stereocenters. The van der Waals surface area contributed by atoms with Crippen LogP contribution in [0.25, 0.3) is 6.08 Å². The average molecular weight is 454 g/mol. The molecular formula is C23H26F3NO3S. The van der Waals surface area contributed by atoms with E-state index >= 15 is 0 Å². The molecule has 0 aromatic heterocycles. The number of halogens is 3. The summed E-state index contributed by atoms with van der Waals surface area (Å²) in [4.78, 5) is -0.127. The van der Waals surface area contributed by atoms with Crippen molar-refractivity contribution in [2.24, 2.45) is 0 Å². The molecule has 8 heteroatoms. The third-order valence-corrected chi connectivity index (χ3v) is 5.13. The number of nitrogens with zero attached hydrogens (tertiary/aromatic N) is 1. The molecule has 0 saturated carbocycles. The van der Waals surface area contributed by atoms with Gasteiger partial charge in [0.15, 0.2) is 0 Å². The molecule has 0 amide bonds. The zero-order valence-electron chi connectivity index (χ0n) is 18.1.